The molecular weight excluding hydrogens is 478 g/mol. The minimum Gasteiger partial charge on any atom is -0.497 e. The molecule has 2 saturated carbocycles. The molecule has 7 heteroatoms. The highest BCUT2D eigenvalue weighted by Crippen LogP contribution is 2.34. The molecule has 0 bridgehead atoms. The van der Waals surface area contributed by atoms with E-state index in [2.05, 4.69) is 30.4 Å². The summed E-state index contributed by atoms with van der Waals surface area (Å²) < 4.78 is 5.29. The van der Waals surface area contributed by atoms with Crippen molar-refractivity contribution < 1.29 is 19.1 Å². The van der Waals surface area contributed by atoms with Crippen LogP contribution in [0.1, 0.15) is 72.9 Å². The number of methoxy groups -OCH3 is 1. The molecule has 0 radical (unpaired) electrons. The fourth-order valence-electron chi connectivity index (χ4n) is 6.05. The zero-order chi connectivity index (χ0) is 26.6. The van der Waals surface area contributed by atoms with Crippen LogP contribution in [-0.2, 0) is 16.1 Å². The fraction of sp³-hybridized carbons (Fsp3) is 0.516. The van der Waals surface area contributed by atoms with Crippen LogP contribution in [0, 0.1) is 12.8 Å². The van der Waals surface area contributed by atoms with Gasteiger partial charge in [0.25, 0.3) is 5.91 Å². The molecule has 0 unspecified atom stereocenters. The second kappa shape index (κ2) is 11.6. The molecule has 38 heavy (non-hydrogen) atoms. The van der Waals surface area contributed by atoms with Gasteiger partial charge in [-0.2, -0.15) is 0 Å². The molecule has 7 nitrogen and oxygen atoms in total. The molecule has 1 saturated heterocycles. The van der Waals surface area contributed by atoms with Crippen molar-refractivity contribution in [2.75, 3.05) is 13.7 Å². The maximum Gasteiger partial charge on any atom is 0.254 e. The summed E-state index contributed by atoms with van der Waals surface area (Å²) in [4.78, 5) is 44.0. The van der Waals surface area contributed by atoms with E-state index in [1.54, 1.807) is 24.1 Å². The third kappa shape index (κ3) is 5.87. The smallest absolute Gasteiger partial charge is 0.254 e. The van der Waals surface area contributed by atoms with E-state index < -0.39 is 6.04 Å². The van der Waals surface area contributed by atoms with Gasteiger partial charge in [-0.05, 0) is 75.3 Å². The molecule has 0 aromatic heterocycles. The Bertz CT molecular complexity index is 1160. The van der Waals surface area contributed by atoms with Gasteiger partial charge >= 0.3 is 0 Å². The average molecular weight is 518 g/mol. The van der Waals surface area contributed by atoms with Gasteiger partial charge in [0.2, 0.25) is 11.8 Å². The topological polar surface area (TPSA) is 79.0 Å². The lowest BCUT2D eigenvalue weighted by molar-refractivity contribution is -0.139. The van der Waals surface area contributed by atoms with E-state index in [9.17, 15) is 14.4 Å². The average Bonchev–Trinajstić information content (AvgIpc) is 3.67. The third-order valence-corrected chi connectivity index (χ3v) is 8.26. The molecule has 3 aliphatic rings. The Kier molecular flexibility index (Phi) is 8.01. The quantitative estimate of drug-likeness (QED) is 0.560. The van der Waals surface area contributed by atoms with Crippen LogP contribution < -0.4 is 10.1 Å². The molecule has 2 aromatic carbocycles. The predicted octanol–water partition coefficient (Wildman–Crippen LogP) is 4.47. The van der Waals surface area contributed by atoms with Crippen molar-refractivity contribution in [1.82, 2.24) is 15.1 Å². The van der Waals surface area contributed by atoms with E-state index in [4.69, 9.17) is 4.74 Å². The highest BCUT2D eigenvalue weighted by Gasteiger charge is 2.42. The molecule has 2 aliphatic carbocycles. The lowest BCUT2D eigenvalue weighted by Gasteiger charge is -2.41. The third-order valence-electron chi connectivity index (χ3n) is 8.26. The molecule has 3 atom stereocenters. The summed E-state index contributed by atoms with van der Waals surface area (Å²) in [6.07, 6.45) is 7.11. The van der Waals surface area contributed by atoms with Crippen molar-refractivity contribution in [2.45, 2.75) is 83.0 Å². The zero-order valence-electron chi connectivity index (χ0n) is 22.5. The zero-order valence-corrected chi connectivity index (χ0v) is 22.5. The molecule has 202 valence electrons. The van der Waals surface area contributed by atoms with Crippen molar-refractivity contribution in [3.8, 4) is 5.75 Å². The van der Waals surface area contributed by atoms with Crippen molar-refractivity contribution in [1.29, 1.82) is 0 Å². The number of rotatable bonds is 8. The molecule has 5 rings (SSSR count). The monoisotopic (exact) mass is 517 g/mol. The number of hydrogen-bond acceptors (Lipinski definition) is 4. The normalized spacial score (nSPS) is 23.1. The number of hydrogen-bond donors (Lipinski definition) is 1. The Balaban J connectivity index is 1.38. The molecule has 1 N–H and O–H groups in total. The number of amides is 3. The Morgan fingerprint density at radius 3 is 2.45 bits per heavy atom. The number of carbonyl (C=O) groups excluding carboxylic acids is 3. The molecule has 0 spiro atoms. The summed E-state index contributed by atoms with van der Waals surface area (Å²) in [6, 6.07) is 14.8. The van der Waals surface area contributed by atoms with Gasteiger partial charge in [-0.15, -0.1) is 0 Å². The van der Waals surface area contributed by atoms with Crippen LogP contribution in [0.3, 0.4) is 0 Å². The molecule has 1 aliphatic heterocycles. The van der Waals surface area contributed by atoms with Crippen molar-refractivity contribution in [3.05, 3.63) is 65.2 Å². The Hall–Kier alpha value is -3.35. The van der Waals surface area contributed by atoms with Crippen molar-refractivity contribution in [2.24, 2.45) is 5.92 Å². The summed E-state index contributed by atoms with van der Waals surface area (Å²) in [6.45, 7) is 3.19. The van der Waals surface area contributed by atoms with Crippen LogP contribution in [0.2, 0.25) is 0 Å². The van der Waals surface area contributed by atoms with Gasteiger partial charge in [0.1, 0.15) is 11.8 Å². The molecule has 2 aromatic rings. The first-order chi connectivity index (χ1) is 18.4. The molecular formula is C31H39N3O4. The molecule has 3 fully saturated rings. The predicted molar refractivity (Wildman–Crippen MR) is 146 cm³/mol. The lowest BCUT2D eigenvalue weighted by atomic mass is 9.88. The standard InChI is InChI=1S/C31H39N3O4/c1-21-7-5-8-22(19-21)20-34(31(37)24-14-16-25(38-2)17-15-24)27-10-4-3-9-26(27)32-29(35)28-11-6-18-33(28)30(36)23-12-13-23/h5,7-8,14-17,19,23,26-28H,3-4,6,9-13,18,20H2,1-2H3,(H,32,35)/t26-,27-,28+/m1/s1. The number of benzene rings is 2. The number of aryl methyl sites for hydroxylation is 1. The second-order valence-electron chi connectivity index (χ2n) is 11.1. The summed E-state index contributed by atoms with van der Waals surface area (Å²) in [5.74, 6) is 0.834. The Morgan fingerprint density at radius 1 is 0.974 bits per heavy atom. The van der Waals surface area contributed by atoms with Gasteiger partial charge in [-0.25, -0.2) is 0 Å². The van der Waals surface area contributed by atoms with Gasteiger partial charge in [0.05, 0.1) is 13.2 Å². The molecule has 1 heterocycles. The summed E-state index contributed by atoms with van der Waals surface area (Å²) in [5.41, 5.74) is 2.82. The first-order valence-electron chi connectivity index (χ1n) is 14.1. The van der Waals surface area contributed by atoms with E-state index in [-0.39, 0.29) is 35.7 Å². The van der Waals surface area contributed by atoms with E-state index in [1.807, 2.05) is 23.1 Å². The Morgan fingerprint density at radius 2 is 1.74 bits per heavy atom. The van der Waals surface area contributed by atoms with Crippen LogP contribution in [0.5, 0.6) is 5.75 Å². The number of nitrogens with zero attached hydrogens (tertiary/aromatic N) is 2. The van der Waals surface area contributed by atoms with Gasteiger partial charge in [0, 0.05) is 30.6 Å². The van der Waals surface area contributed by atoms with E-state index in [0.29, 0.717) is 30.8 Å². The number of ether oxygens (including phenoxy) is 1. The van der Waals surface area contributed by atoms with E-state index in [0.717, 1.165) is 56.1 Å². The first-order valence-corrected chi connectivity index (χ1v) is 14.1. The maximum atomic E-state index is 14.0. The maximum absolute atomic E-state index is 14.0. The fourth-order valence-corrected chi connectivity index (χ4v) is 6.05. The van der Waals surface area contributed by atoms with Crippen LogP contribution in [0.15, 0.2) is 48.5 Å². The molecule has 3 amide bonds. The minimum absolute atomic E-state index is 0.0493. The summed E-state index contributed by atoms with van der Waals surface area (Å²) in [5, 5.41) is 3.31. The summed E-state index contributed by atoms with van der Waals surface area (Å²) in [7, 11) is 1.61. The number of nitrogens with one attached hydrogen (secondary N) is 1. The van der Waals surface area contributed by atoms with Crippen LogP contribution in [-0.4, -0.2) is 59.3 Å². The van der Waals surface area contributed by atoms with Crippen LogP contribution >= 0.6 is 0 Å². The van der Waals surface area contributed by atoms with Crippen LogP contribution in [0.25, 0.3) is 0 Å². The minimum atomic E-state index is -0.395. The highest BCUT2D eigenvalue weighted by atomic mass is 16.5. The SMILES string of the molecule is COc1ccc(C(=O)N(Cc2cccc(C)c2)[C@@H]2CCCC[C@H]2NC(=O)[C@@H]2CCCN2C(=O)C2CC2)cc1. The van der Waals surface area contributed by atoms with Gasteiger partial charge in [0.15, 0.2) is 0 Å². The van der Waals surface area contributed by atoms with E-state index in [1.165, 1.54) is 0 Å². The second-order valence-corrected chi connectivity index (χ2v) is 11.1. The van der Waals surface area contributed by atoms with Crippen LogP contribution in [0.4, 0.5) is 0 Å². The first kappa shape index (κ1) is 26.3. The van der Waals surface area contributed by atoms with Gasteiger partial charge < -0.3 is 19.9 Å². The van der Waals surface area contributed by atoms with Crippen molar-refractivity contribution >= 4 is 17.7 Å². The highest BCUT2D eigenvalue weighted by molar-refractivity contribution is 5.95. The number of likely N-dealkylation sites (tertiary alicyclic amines) is 1. The van der Waals surface area contributed by atoms with Crippen molar-refractivity contribution in [3.63, 3.8) is 0 Å². The van der Waals surface area contributed by atoms with E-state index >= 15 is 0 Å². The largest absolute Gasteiger partial charge is 0.497 e. The van der Waals surface area contributed by atoms with Gasteiger partial charge in [-0.3, -0.25) is 14.4 Å². The van der Waals surface area contributed by atoms with Gasteiger partial charge in [-0.1, -0.05) is 42.7 Å². The number of carbonyl (C=O) groups is 3. The lowest BCUT2D eigenvalue weighted by Crippen LogP contribution is -2.57. The Labute approximate surface area is 225 Å². The summed E-state index contributed by atoms with van der Waals surface area (Å²) >= 11 is 0.